The minimum atomic E-state index is -0.520. The predicted octanol–water partition coefficient (Wildman–Crippen LogP) is 4.21. The average Bonchev–Trinajstić information content (AvgIpc) is 3.12. The van der Waals surface area contributed by atoms with Crippen LogP contribution in [-0.4, -0.2) is 32.7 Å². The first-order chi connectivity index (χ1) is 14.2. The van der Waals surface area contributed by atoms with Crippen molar-refractivity contribution in [2.75, 3.05) is 11.9 Å². The number of ether oxygens (including phenoxy) is 1. The van der Waals surface area contributed by atoms with Gasteiger partial charge in [0.15, 0.2) is 5.82 Å². The molecule has 7 nitrogen and oxygen atoms in total. The molecule has 0 atom stereocenters. The summed E-state index contributed by atoms with van der Waals surface area (Å²) >= 11 is 0. The molecule has 0 radical (unpaired) electrons. The Bertz CT molecular complexity index is 1010. The van der Waals surface area contributed by atoms with Crippen molar-refractivity contribution in [2.45, 2.75) is 46.0 Å². The van der Waals surface area contributed by atoms with Crippen LogP contribution in [0, 0.1) is 12.7 Å². The molecule has 3 rings (SSSR count). The number of hydrogen-bond donors (Lipinski definition) is 1. The topological polar surface area (TPSA) is 81.9 Å². The predicted molar refractivity (Wildman–Crippen MR) is 112 cm³/mol. The molecule has 0 saturated carbocycles. The van der Waals surface area contributed by atoms with E-state index in [0.717, 1.165) is 5.75 Å². The van der Waals surface area contributed by atoms with E-state index in [1.165, 1.54) is 22.4 Å². The van der Waals surface area contributed by atoms with Crippen molar-refractivity contribution < 1.29 is 13.9 Å². The fourth-order valence-corrected chi connectivity index (χ4v) is 2.90. The number of benzene rings is 2. The third-order valence-electron chi connectivity index (χ3n) is 4.63. The van der Waals surface area contributed by atoms with Gasteiger partial charge in [-0.15, -0.1) is 5.10 Å². The van der Waals surface area contributed by atoms with Crippen molar-refractivity contribution in [3.05, 3.63) is 59.7 Å². The maximum atomic E-state index is 14.1. The highest BCUT2D eigenvalue weighted by atomic mass is 19.1. The van der Waals surface area contributed by atoms with Crippen molar-refractivity contribution in [1.82, 2.24) is 20.2 Å². The molecule has 0 saturated heterocycles. The van der Waals surface area contributed by atoms with Crippen LogP contribution in [-0.2, 0) is 10.2 Å². The smallest absolute Gasteiger partial charge is 0.224 e. The summed E-state index contributed by atoms with van der Waals surface area (Å²) in [7, 11) is 0. The summed E-state index contributed by atoms with van der Waals surface area (Å²) < 4.78 is 21.3. The van der Waals surface area contributed by atoms with Crippen molar-refractivity contribution in [3.63, 3.8) is 0 Å². The van der Waals surface area contributed by atoms with Gasteiger partial charge in [-0.1, -0.05) is 32.9 Å². The third-order valence-corrected chi connectivity index (χ3v) is 4.63. The number of aromatic nitrogens is 4. The summed E-state index contributed by atoms with van der Waals surface area (Å²) in [6.07, 6.45) is 0.730. The molecule has 1 N–H and O–H groups in total. The van der Waals surface area contributed by atoms with Gasteiger partial charge in [0.05, 0.1) is 18.0 Å². The number of aryl methyl sites for hydroxylation is 1. The quantitative estimate of drug-likeness (QED) is 0.589. The van der Waals surface area contributed by atoms with Gasteiger partial charge in [0.25, 0.3) is 0 Å². The Kier molecular flexibility index (Phi) is 6.44. The lowest BCUT2D eigenvalue weighted by molar-refractivity contribution is -0.116. The molecule has 2 aromatic carbocycles. The van der Waals surface area contributed by atoms with E-state index in [4.69, 9.17) is 4.74 Å². The highest BCUT2D eigenvalue weighted by molar-refractivity contribution is 5.91. The molecule has 30 heavy (non-hydrogen) atoms. The van der Waals surface area contributed by atoms with Gasteiger partial charge in [-0.25, -0.2) is 4.39 Å². The van der Waals surface area contributed by atoms with Crippen molar-refractivity contribution in [1.29, 1.82) is 0 Å². The normalized spacial score (nSPS) is 11.4. The molecule has 1 amide bonds. The fourth-order valence-electron chi connectivity index (χ4n) is 2.90. The van der Waals surface area contributed by atoms with Crippen LogP contribution in [0.25, 0.3) is 5.69 Å². The van der Waals surface area contributed by atoms with Crippen LogP contribution in [0.5, 0.6) is 5.75 Å². The van der Waals surface area contributed by atoms with Crippen LogP contribution in [0.4, 0.5) is 10.1 Å². The van der Waals surface area contributed by atoms with Gasteiger partial charge in [0, 0.05) is 6.42 Å². The minimum Gasteiger partial charge on any atom is -0.494 e. The number of carbonyl (C=O) groups excluding carboxylic acids is 1. The summed E-state index contributed by atoms with van der Waals surface area (Å²) in [5.74, 6) is 0.518. The zero-order valence-corrected chi connectivity index (χ0v) is 17.6. The molecule has 8 heteroatoms. The Morgan fingerprint density at radius 2 is 1.90 bits per heavy atom. The molecule has 0 unspecified atom stereocenters. The second kappa shape index (κ2) is 9.02. The molecular weight excluding hydrogens is 385 g/mol. The maximum Gasteiger partial charge on any atom is 0.224 e. The van der Waals surface area contributed by atoms with Crippen LogP contribution in [0.3, 0.4) is 0 Å². The van der Waals surface area contributed by atoms with Gasteiger partial charge in [-0.2, -0.15) is 4.68 Å². The van der Waals surface area contributed by atoms with Crippen LogP contribution in [0.2, 0.25) is 0 Å². The molecule has 0 aliphatic rings. The van der Waals surface area contributed by atoms with Crippen molar-refractivity contribution >= 4 is 11.6 Å². The number of hydrogen-bond acceptors (Lipinski definition) is 5. The first kappa shape index (κ1) is 21.4. The minimum absolute atomic E-state index is 0.0890. The number of nitrogens with zero attached hydrogens (tertiary/aromatic N) is 4. The molecule has 0 fully saturated rings. The van der Waals surface area contributed by atoms with E-state index >= 15 is 0 Å². The largest absolute Gasteiger partial charge is 0.494 e. The fraction of sp³-hybridized carbons (Fsp3) is 0.364. The molecule has 1 heterocycles. The Morgan fingerprint density at radius 3 is 2.53 bits per heavy atom. The Hall–Kier alpha value is -3.29. The van der Waals surface area contributed by atoms with E-state index in [2.05, 4.69) is 41.6 Å². The van der Waals surface area contributed by atoms with Gasteiger partial charge in [-0.3, -0.25) is 4.79 Å². The van der Waals surface area contributed by atoms with E-state index < -0.39 is 5.82 Å². The number of tetrazole rings is 1. The second-order valence-electron chi connectivity index (χ2n) is 8.08. The Balaban J connectivity index is 1.50. The third kappa shape index (κ3) is 5.40. The van der Waals surface area contributed by atoms with Crippen LogP contribution < -0.4 is 10.1 Å². The first-order valence-electron chi connectivity index (χ1n) is 9.82. The van der Waals surface area contributed by atoms with Gasteiger partial charge >= 0.3 is 0 Å². The van der Waals surface area contributed by atoms with E-state index in [1.807, 2.05) is 24.3 Å². The zero-order chi connectivity index (χ0) is 21.7. The van der Waals surface area contributed by atoms with Gasteiger partial charge in [-0.05, 0) is 65.1 Å². The lowest BCUT2D eigenvalue weighted by atomic mass is 9.87. The number of carbonyl (C=O) groups is 1. The zero-order valence-electron chi connectivity index (χ0n) is 17.6. The summed E-state index contributed by atoms with van der Waals surface area (Å²) in [5.41, 5.74) is 1.98. The highest BCUT2D eigenvalue weighted by Crippen LogP contribution is 2.24. The van der Waals surface area contributed by atoms with E-state index in [9.17, 15) is 9.18 Å². The molecule has 158 valence electrons. The Labute approximate surface area is 175 Å². The van der Waals surface area contributed by atoms with Crippen LogP contribution in [0.1, 0.15) is 45.0 Å². The summed E-state index contributed by atoms with van der Waals surface area (Å²) in [6, 6.07) is 12.3. The van der Waals surface area contributed by atoms with Crippen molar-refractivity contribution in [3.8, 4) is 11.4 Å². The SMILES string of the molecule is Cc1nnnn1-c1ccc(F)c(NC(=O)CCCOc2ccc(C(C)(C)C)cc2)c1. The van der Waals surface area contributed by atoms with E-state index in [0.29, 0.717) is 24.5 Å². The molecule has 0 spiro atoms. The summed E-state index contributed by atoms with van der Waals surface area (Å²) in [4.78, 5) is 12.2. The number of amides is 1. The van der Waals surface area contributed by atoms with Gasteiger partial charge in [0.2, 0.25) is 5.91 Å². The summed E-state index contributed by atoms with van der Waals surface area (Å²) in [5, 5.41) is 13.8. The molecule has 1 aromatic heterocycles. The van der Waals surface area contributed by atoms with Gasteiger partial charge in [0.1, 0.15) is 11.6 Å². The standard InChI is InChI=1S/C22H26FN5O2/c1-15-25-26-27-28(15)17-9-12-19(23)20(14-17)24-21(29)6-5-13-30-18-10-7-16(8-11-18)22(2,3)4/h7-12,14H,5-6,13H2,1-4H3,(H,24,29). The number of rotatable bonds is 7. The molecule has 0 aliphatic carbocycles. The number of nitrogens with one attached hydrogen (secondary N) is 1. The average molecular weight is 411 g/mol. The molecule has 3 aromatic rings. The van der Waals surface area contributed by atoms with Crippen molar-refractivity contribution in [2.24, 2.45) is 0 Å². The van der Waals surface area contributed by atoms with Crippen LogP contribution in [0.15, 0.2) is 42.5 Å². The number of anilines is 1. The molecule has 0 aliphatic heterocycles. The first-order valence-corrected chi connectivity index (χ1v) is 9.82. The maximum absolute atomic E-state index is 14.1. The van der Waals surface area contributed by atoms with Gasteiger partial charge < -0.3 is 10.1 Å². The summed E-state index contributed by atoms with van der Waals surface area (Å²) in [6.45, 7) is 8.60. The Morgan fingerprint density at radius 1 is 1.17 bits per heavy atom. The number of halogens is 1. The van der Waals surface area contributed by atoms with Crippen LogP contribution >= 0.6 is 0 Å². The monoisotopic (exact) mass is 411 g/mol. The lowest BCUT2D eigenvalue weighted by Gasteiger charge is -2.19. The molecule has 0 bridgehead atoms. The lowest BCUT2D eigenvalue weighted by Crippen LogP contribution is -2.14. The second-order valence-corrected chi connectivity index (χ2v) is 8.08. The van der Waals surface area contributed by atoms with E-state index in [-0.39, 0.29) is 23.4 Å². The highest BCUT2D eigenvalue weighted by Gasteiger charge is 2.13. The van der Waals surface area contributed by atoms with E-state index in [1.54, 1.807) is 13.0 Å². The molecular formula is C22H26FN5O2.